The monoisotopic (exact) mass is 302 g/mol. The summed E-state index contributed by atoms with van der Waals surface area (Å²) in [5.41, 5.74) is 1.29. The standard InChI is InChI=1S/C18H26N2O2/c1-21-15-5-4-6-16-17(15)14(20-11-2-3-12-20)13-18(22-16)7-9-19-10-8-18/h4-6,14,19H,2-3,7-13H2,1H3. The van der Waals surface area contributed by atoms with Gasteiger partial charge < -0.3 is 14.8 Å². The van der Waals surface area contributed by atoms with Crippen molar-refractivity contribution < 1.29 is 9.47 Å². The van der Waals surface area contributed by atoms with E-state index in [2.05, 4.69) is 28.4 Å². The Balaban J connectivity index is 1.75. The third-order valence-corrected chi connectivity index (χ3v) is 5.57. The van der Waals surface area contributed by atoms with E-state index in [9.17, 15) is 0 Å². The van der Waals surface area contributed by atoms with Crippen LogP contribution in [-0.4, -0.2) is 43.8 Å². The SMILES string of the molecule is COc1cccc2c1C(N1CCCC1)CC1(CCNCC1)O2. The first-order valence-electron chi connectivity index (χ1n) is 8.62. The van der Waals surface area contributed by atoms with Gasteiger partial charge in [0, 0.05) is 12.5 Å². The highest BCUT2D eigenvalue weighted by molar-refractivity contribution is 5.49. The molecule has 0 radical (unpaired) electrons. The lowest BCUT2D eigenvalue weighted by Gasteiger charge is -2.47. The van der Waals surface area contributed by atoms with E-state index in [1.165, 1.54) is 31.5 Å². The van der Waals surface area contributed by atoms with Gasteiger partial charge in [0.1, 0.15) is 17.1 Å². The number of hydrogen-bond donors (Lipinski definition) is 1. The maximum Gasteiger partial charge on any atom is 0.128 e. The molecule has 4 rings (SSSR count). The molecular formula is C18H26N2O2. The molecule has 0 amide bonds. The van der Waals surface area contributed by atoms with Crippen LogP contribution in [0.15, 0.2) is 18.2 Å². The predicted octanol–water partition coefficient (Wildman–Crippen LogP) is 2.74. The van der Waals surface area contributed by atoms with Gasteiger partial charge in [-0.3, -0.25) is 4.90 Å². The summed E-state index contributed by atoms with van der Waals surface area (Å²) in [7, 11) is 1.77. The molecule has 3 aliphatic rings. The van der Waals surface area contributed by atoms with Crippen LogP contribution in [-0.2, 0) is 0 Å². The molecule has 4 heteroatoms. The number of nitrogens with one attached hydrogen (secondary N) is 1. The number of benzene rings is 1. The Morgan fingerprint density at radius 2 is 2.00 bits per heavy atom. The number of rotatable bonds is 2. The summed E-state index contributed by atoms with van der Waals surface area (Å²) in [6.07, 6.45) is 5.94. The third kappa shape index (κ3) is 2.38. The van der Waals surface area contributed by atoms with Crippen molar-refractivity contribution in [2.75, 3.05) is 33.3 Å². The zero-order valence-corrected chi connectivity index (χ0v) is 13.4. The molecule has 0 bridgehead atoms. The highest BCUT2D eigenvalue weighted by atomic mass is 16.5. The van der Waals surface area contributed by atoms with Crippen molar-refractivity contribution in [3.63, 3.8) is 0 Å². The largest absolute Gasteiger partial charge is 0.496 e. The molecule has 0 aromatic heterocycles. The Labute approximate surface area is 132 Å². The molecule has 0 aliphatic carbocycles. The van der Waals surface area contributed by atoms with E-state index in [1.807, 2.05) is 0 Å². The molecule has 1 N–H and O–H groups in total. The Kier molecular flexibility index (Phi) is 3.74. The fourth-order valence-corrected chi connectivity index (χ4v) is 4.40. The minimum atomic E-state index is 0.0118. The summed E-state index contributed by atoms with van der Waals surface area (Å²) in [6, 6.07) is 6.70. The van der Waals surface area contributed by atoms with Gasteiger partial charge in [-0.1, -0.05) is 6.07 Å². The molecule has 1 unspecified atom stereocenters. The number of methoxy groups -OCH3 is 1. The number of hydrogen-bond acceptors (Lipinski definition) is 4. The first kappa shape index (κ1) is 14.3. The highest BCUT2D eigenvalue weighted by Crippen LogP contribution is 2.49. The second kappa shape index (κ2) is 5.74. The van der Waals surface area contributed by atoms with Crippen LogP contribution in [0.3, 0.4) is 0 Å². The topological polar surface area (TPSA) is 33.7 Å². The van der Waals surface area contributed by atoms with Gasteiger partial charge in [0.2, 0.25) is 0 Å². The summed E-state index contributed by atoms with van der Waals surface area (Å²) in [6.45, 7) is 4.53. The zero-order valence-electron chi connectivity index (χ0n) is 13.4. The summed E-state index contributed by atoms with van der Waals surface area (Å²) in [4.78, 5) is 2.65. The number of piperidine rings is 1. The minimum Gasteiger partial charge on any atom is -0.496 e. The van der Waals surface area contributed by atoms with Crippen molar-refractivity contribution in [1.29, 1.82) is 0 Å². The molecule has 4 nitrogen and oxygen atoms in total. The van der Waals surface area contributed by atoms with Crippen LogP contribution >= 0.6 is 0 Å². The van der Waals surface area contributed by atoms with Gasteiger partial charge >= 0.3 is 0 Å². The molecule has 0 saturated carbocycles. The van der Waals surface area contributed by atoms with E-state index in [0.717, 1.165) is 43.9 Å². The van der Waals surface area contributed by atoms with Crippen molar-refractivity contribution in [1.82, 2.24) is 10.2 Å². The van der Waals surface area contributed by atoms with E-state index in [-0.39, 0.29) is 5.60 Å². The van der Waals surface area contributed by atoms with Crippen LogP contribution in [0.2, 0.25) is 0 Å². The van der Waals surface area contributed by atoms with Crippen LogP contribution in [0.25, 0.3) is 0 Å². The summed E-state index contributed by atoms with van der Waals surface area (Å²) >= 11 is 0. The van der Waals surface area contributed by atoms with Crippen LogP contribution in [0.1, 0.15) is 43.7 Å². The zero-order chi connectivity index (χ0) is 15.0. The van der Waals surface area contributed by atoms with Crippen molar-refractivity contribution in [3.8, 4) is 11.5 Å². The normalized spacial score (nSPS) is 27.4. The molecule has 22 heavy (non-hydrogen) atoms. The molecule has 2 fully saturated rings. The van der Waals surface area contributed by atoms with Crippen LogP contribution in [0, 0.1) is 0 Å². The Morgan fingerprint density at radius 3 is 2.73 bits per heavy atom. The van der Waals surface area contributed by atoms with E-state index in [0.29, 0.717) is 6.04 Å². The lowest BCUT2D eigenvalue weighted by molar-refractivity contribution is -0.0168. The van der Waals surface area contributed by atoms with Crippen LogP contribution in [0.5, 0.6) is 11.5 Å². The number of ether oxygens (including phenoxy) is 2. The fourth-order valence-electron chi connectivity index (χ4n) is 4.40. The van der Waals surface area contributed by atoms with E-state index in [1.54, 1.807) is 7.11 Å². The van der Waals surface area contributed by atoms with Crippen LogP contribution in [0.4, 0.5) is 0 Å². The molecule has 1 aromatic carbocycles. The van der Waals surface area contributed by atoms with Crippen molar-refractivity contribution in [3.05, 3.63) is 23.8 Å². The molecule has 3 aliphatic heterocycles. The Hall–Kier alpha value is -1.26. The average molecular weight is 302 g/mol. The first-order chi connectivity index (χ1) is 10.8. The van der Waals surface area contributed by atoms with Crippen molar-refractivity contribution in [2.24, 2.45) is 0 Å². The van der Waals surface area contributed by atoms with Gasteiger partial charge in [-0.15, -0.1) is 0 Å². The summed E-state index contributed by atoms with van der Waals surface area (Å²) < 4.78 is 12.2. The molecular weight excluding hydrogens is 276 g/mol. The lowest BCUT2D eigenvalue weighted by atomic mass is 9.80. The quantitative estimate of drug-likeness (QED) is 0.911. The molecule has 1 aromatic rings. The predicted molar refractivity (Wildman–Crippen MR) is 86.6 cm³/mol. The fraction of sp³-hybridized carbons (Fsp3) is 0.667. The lowest BCUT2D eigenvalue weighted by Crippen LogP contribution is -2.51. The Bertz CT molecular complexity index is 534. The van der Waals surface area contributed by atoms with Gasteiger partial charge in [0.25, 0.3) is 0 Å². The molecule has 2 saturated heterocycles. The van der Waals surface area contributed by atoms with Crippen molar-refractivity contribution >= 4 is 0 Å². The van der Waals surface area contributed by atoms with Crippen molar-refractivity contribution in [2.45, 2.75) is 43.7 Å². The van der Waals surface area contributed by atoms with E-state index < -0.39 is 0 Å². The molecule has 3 heterocycles. The molecule has 1 atom stereocenters. The maximum absolute atomic E-state index is 6.55. The third-order valence-electron chi connectivity index (χ3n) is 5.57. The van der Waals surface area contributed by atoms with Gasteiger partial charge in [0.05, 0.1) is 12.7 Å². The summed E-state index contributed by atoms with van der Waals surface area (Å²) in [5, 5.41) is 3.47. The van der Waals surface area contributed by atoms with E-state index in [4.69, 9.17) is 9.47 Å². The summed E-state index contributed by atoms with van der Waals surface area (Å²) in [5.74, 6) is 2.03. The van der Waals surface area contributed by atoms with Gasteiger partial charge in [-0.05, 0) is 64.0 Å². The highest BCUT2D eigenvalue weighted by Gasteiger charge is 2.45. The average Bonchev–Trinajstić information content (AvgIpc) is 3.08. The number of nitrogens with zero attached hydrogens (tertiary/aromatic N) is 1. The van der Waals surface area contributed by atoms with Gasteiger partial charge in [-0.2, -0.15) is 0 Å². The second-order valence-corrected chi connectivity index (χ2v) is 6.87. The van der Waals surface area contributed by atoms with Gasteiger partial charge in [-0.25, -0.2) is 0 Å². The van der Waals surface area contributed by atoms with Crippen LogP contribution < -0.4 is 14.8 Å². The molecule has 120 valence electrons. The number of fused-ring (bicyclic) bond motifs is 1. The smallest absolute Gasteiger partial charge is 0.128 e. The second-order valence-electron chi connectivity index (χ2n) is 6.87. The minimum absolute atomic E-state index is 0.0118. The maximum atomic E-state index is 6.55. The molecule has 1 spiro atoms. The first-order valence-corrected chi connectivity index (χ1v) is 8.62. The van der Waals surface area contributed by atoms with Gasteiger partial charge in [0.15, 0.2) is 0 Å². The Morgan fingerprint density at radius 1 is 1.23 bits per heavy atom. The number of likely N-dealkylation sites (tertiary alicyclic amines) is 1. The van der Waals surface area contributed by atoms with E-state index >= 15 is 0 Å².